The number of piperidine rings is 1. The van der Waals surface area contributed by atoms with E-state index >= 15 is 0 Å². The van der Waals surface area contributed by atoms with Gasteiger partial charge in [0.25, 0.3) is 23.6 Å². The lowest BCUT2D eigenvalue weighted by Crippen LogP contribution is -2.54. The maximum absolute atomic E-state index is 13.3. The average Bonchev–Trinajstić information content (AvgIpc) is 0.763. The first kappa shape index (κ1) is 108. The minimum absolute atomic E-state index is 0.0178. The Morgan fingerprint density at radius 3 is 1.01 bits per heavy atom. The van der Waals surface area contributed by atoms with Gasteiger partial charge < -0.3 is 82.4 Å². The largest absolute Gasteiger partial charge is 0.508 e. The van der Waals surface area contributed by atoms with Crippen molar-refractivity contribution in [2.45, 2.75) is 232 Å². The first-order chi connectivity index (χ1) is 68.7. The van der Waals surface area contributed by atoms with Crippen LogP contribution in [0.1, 0.15) is 225 Å². The van der Waals surface area contributed by atoms with E-state index in [4.69, 9.17) is 9.47 Å². The number of carbonyl (C=O) groups is 4. The van der Waals surface area contributed by atoms with Crippen molar-refractivity contribution in [3.05, 3.63) is 309 Å². The summed E-state index contributed by atoms with van der Waals surface area (Å²) >= 11 is 0. The van der Waals surface area contributed by atoms with Crippen LogP contribution in [0.3, 0.4) is 0 Å². The van der Waals surface area contributed by atoms with Crippen molar-refractivity contribution in [1.82, 2.24) is 29.1 Å². The van der Waals surface area contributed by atoms with Crippen molar-refractivity contribution in [3.63, 3.8) is 0 Å². The van der Waals surface area contributed by atoms with Crippen LogP contribution in [0.5, 0.6) is 17.2 Å². The smallest absolute Gasteiger partial charge is 0.255 e. The van der Waals surface area contributed by atoms with Gasteiger partial charge in [0.05, 0.1) is 90.3 Å². The van der Waals surface area contributed by atoms with Gasteiger partial charge in [-0.3, -0.25) is 19.2 Å². The lowest BCUT2D eigenvalue weighted by molar-refractivity contribution is 0.0769. The molecule has 1 saturated heterocycles. The molecule has 32 nitrogen and oxygen atoms in total. The summed E-state index contributed by atoms with van der Waals surface area (Å²) in [6, 6.07) is 61.8. The van der Waals surface area contributed by atoms with E-state index in [9.17, 15) is 78.4 Å². The Balaban J connectivity index is 0.000000153. The van der Waals surface area contributed by atoms with E-state index in [1.807, 2.05) is 72.7 Å². The number of hydrogen-bond donors (Lipinski definition) is 17. The number of anilines is 7. The number of fused-ring (bicyclic) bond motifs is 5. The molecule has 0 radical (unpaired) electrons. The Bertz CT molecular complexity index is 7030. The van der Waals surface area contributed by atoms with E-state index in [2.05, 4.69) is 66.3 Å². The normalized spacial score (nSPS) is 19.8. The van der Waals surface area contributed by atoms with Crippen molar-refractivity contribution in [1.29, 1.82) is 0 Å². The number of aromatic hydroxyl groups is 1. The number of phenolic OH excluding ortho intramolecular Hbond substituents is 1. The molecule has 4 amide bonds. The number of para-hydroxylation sites is 1. The number of nitrogens with one attached hydrogen (secondary N) is 12. The van der Waals surface area contributed by atoms with Gasteiger partial charge in [0.2, 0.25) is 40.1 Å². The van der Waals surface area contributed by atoms with Gasteiger partial charge in [-0.25, -0.2) is 52.6 Å². The Morgan fingerprint density at radius 2 is 0.676 bits per heavy atom. The highest BCUT2D eigenvalue weighted by Crippen LogP contribution is 2.46. The molecule has 6 aliphatic rings. The molecule has 6 heterocycles. The number of aryl methyl sites for hydroxylation is 5. The van der Waals surface area contributed by atoms with Crippen LogP contribution in [0.4, 0.5) is 39.8 Å². The summed E-state index contributed by atoms with van der Waals surface area (Å²) in [6.45, 7) is 28.8. The lowest BCUT2D eigenvalue weighted by atomic mass is 9.82. The third-order valence-corrected chi connectivity index (χ3v) is 32.9. The van der Waals surface area contributed by atoms with Crippen LogP contribution in [0.15, 0.2) is 256 Å². The van der Waals surface area contributed by atoms with E-state index in [-0.39, 0.29) is 48.6 Å². The average molecular weight is 2060 g/mol. The first-order valence-corrected chi connectivity index (χ1v) is 54.7. The zero-order valence-electron chi connectivity index (χ0n) is 83.6. The number of phenols is 1. The van der Waals surface area contributed by atoms with E-state index in [0.29, 0.717) is 104 Å². The molecule has 11 aromatic rings. The third kappa shape index (κ3) is 25.7. The maximum atomic E-state index is 13.3. The Labute approximate surface area is 849 Å². The lowest BCUT2D eigenvalue weighted by Gasteiger charge is -2.43. The van der Waals surface area contributed by atoms with Crippen LogP contribution in [-0.4, -0.2) is 174 Å². The highest BCUT2D eigenvalue weighted by molar-refractivity contribution is 7.90. The Kier molecular flexibility index (Phi) is 33.6. The van der Waals surface area contributed by atoms with Gasteiger partial charge in [-0.05, 0) is 315 Å². The molecule has 0 bridgehead atoms. The summed E-state index contributed by atoms with van der Waals surface area (Å²) in [7, 11) is -15.8. The second-order valence-corrected chi connectivity index (χ2v) is 46.1. The molecular weight excluding hydrogens is 1920 g/mol. The summed E-state index contributed by atoms with van der Waals surface area (Å²) in [5.74, 6) is -0.166. The fourth-order valence-electron chi connectivity index (χ4n) is 18.3. The molecule has 36 heteroatoms. The van der Waals surface area contributed by atoms with Crippen LogP contribution in [0.25, 0.3) is 0 Å². The fraction of sp³-hybridized carbons (Fsp3) is 0.358. The van der Waals surface area contributed by atoms with Crippen molar-refractivity contribution in [2.24, 2.45) is 0 Å². The van der Waals surface area contributed by atoms with Gasteiger partial charge in [0.1, 0.15) is 19.0 Å². The number of rotatable bonds is 27. The van der Waals surface area contributed by atoms with Crippen LogP contribution in [-0.2, 0) is 72.2 Å². The molecule has 0 aliphatic carbocycles. The molecule has 17 N–H and O–H groups in total. The number of likely N-dealkylation sites (tertiary alicyclic amines) is 1. The standard InChI is InChI=1S/C28H31N3O6S.C28H33N3O4S.C27H38N4O4S.C26H29N3O5S/c1-4-17-5-9-20(10-6-17)38(34,35)31-25-21-15-18(7-11-22(21)30-28(2,3)26(25)32)27(33)29-19-8-12-23-24(16-19)37-14-13-36-23;1-5-18-11-14-21(15-12-18)36(34,35)31-25-22-17-20(13-16-24(22)30-28(3,4)26(25)32)27(33)29-23-10-8-7-9-19(23)6-2;1-4-19-8-11-21(12-9-19)36(34,35)30-24-22-18-20(10-13-23(22)29-27(2,3)25(24)32)26(33)28-14-17-31-15-6-5-7-16-31;1-4-16-8-11-20(12-9-16)35(33,34)29-23-21-14-17(10-13-22(21)28-26(2,3)24(23)31)25(32)27-18-6-5-7-19(30)15-18/h5-12,15-16,25-26,30-32H,4,13-14H2,1-3H3,(H,29,33);7-17,25-26,30-32H,5-6H2,1-4H3,(H,29,33);8-13,18,24-25,29-30,32H,4-7,14-17H2,1-3H3,(H,28,33);5-15,23-24,28-31H,4H2,1-3H3,(H,27,32)/t2*25-,26+;24-,25+;23-,24+/m1111/s1. The van der Waals surface area contributed by atoms with Crippen LogP contribution < -0.4 is 70.9 Å². The highest BCUT2D eigenvalue weighted by atomic mass is 32.2. The zero-order chi connectivity index (χ0) is 104. The van der Waals surface area contributed by atoms with Gasteiger partial charge in [0, 0.05) is 87.3 Å². The summed E-state index contributed by atoms with van der Waals surface area (Å²) in [5, 5.41) is 78.8. The number of aliphatic hydroxyl groups is 4. The van der Waals surface area contributed by atoms with Gasteiger partial charge >= 0.3 is 0 Å². The van der Waals surface area contributed by atoms with E-state index in [1.54, 1.807) is 242 Å². The molecule has 17 rings (SSSR count). The summed E-state index contributed by atoms with van der Waals surface area (Å²) in [4.78, 5) is 54.9. The molecule has 0 aromatic heterocycles. The first-order valence-electron chi connectivity index (χ1n) is 48.8. The quantitative estimate of drug-likeness (QED) is 0.0227. The summed E-state index contributed by atoms with van der Waals surface area (Å²) < 4.78 is 128. The fourth-order valence-corrected chi connectivity index (χ4v) is 23.2. The van der Waals surface area contributed by atoms with Crippen molar-refractivity contribution < 1.29 is 87.9 Å². The molecule has 1 fully saturated rings. The molecule has 770 valence electrons. The molecule has 11 aromatic carbocycles. The number of sulfonamides is 4. The van der Waals surface area contributed by atoms with E-state index < -0.39 is 117 Å². The second-order valence-electron chi connectivity index (χ2n) is 39.2. The number of hydrogen-bond acceptors (Lipinski definition) is 24. The summed E-state index contributed by atoms with van der Waals surface area (Å²) in [6.07, 6.45) is 3.24. The van der Waals surface area contributed by atoms with Crippen molar-refractivity contribution >= 4 is 104 Å². The number of carbonyl (C=O) groups excluding carboxylic acids is 4. The monoisotopic (exact) mass is 2050 g/mol. The van der Waals surface area contributed by atoms with Crippen molar-refractivity contribution in [2.75, 3.05) is 76.6 Å². The predicted octanol–water partition coefficient (Wildman–Crippen LogP) is 15.3. The predicted molar refractivity (Wildman–Crippen MR) is 564 cm³/mol. The number of nitrogens with zero attached hydrogens (tertiary/aromatic N) is 1. The summed E-state index contributed by atoms with van der Waals surface area (Å²) in [5.41, 5.74) is 9.47. The van der Waals surface area contributed by atoms with Gasteiger partial charge in [-0.2, -0.15) is 0 Å². The van der Waals surface area contributed by atoms with Crippen LogP contribution in [0.2, 0.25) is 0 Å². The van der Waals surface area contributed by atoms with E-state index in [0.717, 1.165) is 85.2 Å². The maximum Gasteiger partial charge on any atom is 0.255 e. The molecule has 0 unspecified atom stereocenters. The van der Waals surface area contributed by atoms with Gasteiger partial charge in [-0.15, -0.1) is 0 Å². The number of ether oxygens (including phenoxy) is 2. The zero-order valence-corrected chi connectivity index (χ0v) is 86.8. The number of benzene rings is 11. The van der Waals surface area contributed by atoms with E-state index in [1.165, 1.54) is 31.4 Å². The Hall–Kier alpha value is -12.7. The molecule has 0 saturated carbocycles. The minimum atomic E-state index is -3.97. The molecule has 145 heavy (non-hydrogen) atoms. The molecule has 8 atom stereocenters. The van der Waals surface area contributed by atoms with Crippen LogP contribution >= 0.6 is 0 Å². The Morgan fingerprint density at radius 1 is 0.352 bits per heavy atom. The molecular formula is C109H131N13O19S4. The topological polar surface area (TPSA) is 472 Å². The molecule has 6 aliphatic heterocycles. The van der Waals surface area contributed by atoms with Gasteiger partial charge in [-0.1, -0.05) is 114 Å². The third-order valence-electron chi connectivity index (χ3n) is 27.1. The molecule has 0 spiro atoms. The SMILES string of the molecule is CCc1ccc(S(=O)(=O)N[C@@H]2c3cc(C(=O)NCCN4CCCCC4)ccc3NC(C)(C)[C@H]2O)cc1.CCc1ccc(S(=O)(=O)N[C@@H]2c3cc(C(=O)Nc4ccc5c(c4)OCCO5)ccc3NC(C)(C)[C@H]2O)cc1.CCc1ccc(S(=O)(=O)N[C@@H]2c3cc(C(=O)Nc4cccc(O)c4)ccc3NC(C)(C)[C@H]2O)cc1.CCc1ccc(S(=O)(=O)N[C@@H]2c3cc(C(=O)Nc4ccccc4CC)ccc3NC(C)(C)[C@H]2O)cc1. The van der Waals surface area contributed by atoms with Crippen molar-refractivity contribution in [3.8, 4) is 17.2 Å². The van der Waals surface area contributed by atoms with Gasteiger partial charge in [0.15, 0.2) is 11.5 Å². The minimum Gasteiger partial charge on any atom is -0.508 e. The number of amides is 4. The number of aliphatic hydroxyl groups excluding tert-OH is 4. The van der Waals surface area contributed by atoms with Crippen LogP contribution in [0, 0.1) is 0 Å². The highest BCUT2D eigenvalue weighted by Gasteiger charge is 2.48. The second kappa shape index (κ2) is 45.1.